The van der Waals surface area contributed by atoms with E-state index in [0.29, 0.717) is 5.69 Å². The van der Waals surface area contributed by atoms with Crippen LogP contribution < -0.4 is 0 Å². The van der Waals surface area contributed by atoms with Gasteiger partial charge in [-0.1, -0.05) is 6.07 Å². The number of aliphatic hydroxyl groups excluding tert-OH is 1. The average molecular weight is 247 g/mol. The third kappa shape index (κ3) is 1.89. The van der Waals surface area contributed by atoms with Crippen LogP contribution in [0.15, 0.2) is 24.4 Å². The van der Waals surface area contributed by atoms with Crippen molar-refractivity contribution in [1.29, 1.82) is 5.26 Å². The summed E-state index contributed by atoms with van der Waals surface area (Å²) in [4.78, 5) is 16.1. The van der Waals surface area contributed by atoms with Gasteiger partial charge < -0.3 is 15.1 Å². The number of likely N-dealkylation sites (tertiary alicyclic amines) is 1. The Labute approximate surface area is 104 Å². The van der Waals surface area contributed by atoms with E-state index in [1.165, 1.54) is 0 Å². The SMILES string of the molecule is N#CC1(c2ccccn2)CCN(C(=O)O)CC1O. The van der Waals surface area contributed by atoms with E-state index in [-0.39, 0.29) is 19.5 Å². The van der Waals surface area contributed by atoms with E-state index in [2.05, 4.69) is 11.1 Å². The minimum absolute atomic E-state index is 0.0700. The fraction of sp³-hybridized carbons (Fsp3) is 0.417. The van der Waals surface area contributed by atoms with Gasteiger partial charge in [0.25, 0.3) is 0 Å². The largest absolute Gasteiger partial charge is 0.465 e. The van der Waals surface area contributed by atoms with Crippen LogP contribution in [0.2, 0.25) is 0 Å². The lowest BCUT2D eigenvalue weighted by molar-refractivity contribution is 0.0246. The molecule has 0 aliphatic carbocycles. The van der Waals surface area contributed by atoms with Gasteiger partial charge in [-0.05, 0) is 18.6 Å². The zero-order chi connectivity index (χ0) is 13.2. The molecule has 1 aromatic heterocycles. The lowest BCUT2D eigenvalue weighted by atomic mass is 9.74. The monoisotopic (exact) mass is 247 g/mol. The van der Waals surface area contributed by atoms with E-state index in [1.807, 2.05) is 0 Å². The molecule has 6 nitrogen and oxygen atoms in total. The third-order valence-electron chi connectivity index (χ3n) is 3.33. The molecule has 2 unspecified atom stereocenters. The van der Waals surface area contributed by atoms with Crippen LogP contribution in [-0.4, -0.2) is 45.4 Å². The highest BCUT2D eigenvalue weighted by atomic mass is 16.4. The Kier molecular flexibility index (Phi) is 3.17. The predicted molar refractivity (Wildman–Crippen MR) is 61.7 cm³/mol. The molecule has 1 fully saturated rings. The lowest BCUT2D eigenvalue weighted by Gasteiger charge is -2.39. The summed E-state index contributed by atoms with van der Waals surface area (Å²) in [5.41, 5.74) is -0.627. The summed E-state index contributed by atoms with van der Waals surface area (Å²) in [6.07, 6.45) is -0.345. The summed E-state index contributed by atoms with van der Waals surface area (Å²) in [5, 5.41) is 28.4. The first kappa shape index (κ1) is 12.3. The number of pyridine rings is 1. The van der Waals surface area contributed by atoms with Gasteiger partial charge in [-0.15, -0.1) is 0 Å². The number of rotatable bonds is 1. The fourth-order valence-electron chi connectivity index (χ4n) is 2.22. The zero-order valence-electron chi connectivity index (χ0n) is 9.65. The van der Waals surface area contributed by atoms with Crippen molar-refractivity contribution in [3.05, 3.63) is 30.1 Å². The van der Waals surface area contributed by atoms with Crippen LogP contribution in [0.5, 0.6) is 0 Å². The van der Waals surface area contributed by atoms with Crippen LogP contribution in [0.3, 0.4) is 0 Å². The maximum Gasteiger partial charge on any atom is 0.407 e. The van der Waals surface area contributed by atoms with Crippen molar-refractivity contribution in [2.75, 3.05) is 13.1 Å². The van der Waals surface area contributed by atoms with Crippen LogP contribution in [0, 0.1) is 11.3 Å². The number of nitriles is 1. The maximum atomic E-state index is 10.9. The molecule has 2 atom stereocenters. The average Bonchev–Trinajstić information content (AvgIpc) is 2.40. The molecule has 18 heavy (non-hydrogen) atoms. The second-order valence-electron chi connectivity index (χ2n) is 4.29. The molecule has 0 radical (unpaired) electrons. The molecule has 6 heteroatoms. The van der Waals surface area contributed by atoms with Crippen LogP contribution in [0.25, 0.3) is 0 Å². The van der Waals surface area contributed by atoms with E-state index in [1.54, 1.807) is 24.4 Å². The molecule has 1 saturated heterocycles. The van der Waals surface area contributed by atoms with E-state index < -0.39 is 17.6 Å². The Morgan fingerprint density at radius 1 is 1.61 bits per heavy atom. The highest BCUT2D eigenvalue weighted by Crippen LogP contribution is 2.33. The summed E-state index contributed by atoms with van der Waals surface area (Å²) in [7, 11) is 0. The molecule has 1 aliphatic rings. The Hall–Kier alpha value is -2.13. The summed E-state index contributed by atoms with van der Waals surface area (Å²) in [6.45, 7) is 0.149. The highest BCUT2D eigenvalue weighted by Gasteiger charge is 2.46. The molecule has 0 aromatic carbocycles. The van der Waals surface area contributed by atoms with Crippen molar-refractivity contribution in [1.82, 2.24) is 9.88 Å². The van der Waals surface area contributed by atoms with Gasteiger partial charge in [0.2, 0.25) is 0 Å². The molecule has 1 amide bonds. The lowest BCUT2D eigenvalue weighted by Crippen LogP contribution is -2.54. The summed E-state index contributed by atoms with van der Waals surface area (Å²) in [6, 6.07) is 7.27. The van der Waals surface area contributed by atoms with Gasteiger partial charge in [0.1, 0.15) is 5.41 Å². The normalized spacial score (nSPS) is 27.6. The first-order valence-electron chi connectivity index (χ1n) is 5.59. The smallest absolute Gasteiger partial charge is 0.407 e. The van der Waals surface area contributed by atoms with Gasteiger partial charge in [-0.25, -0.2) is 4.79 Å². The number of β-amino-alcohol motifs (C(OH)–C–C–N with tert-alkyl or cyclic N) is 1. The van der Waals surface area contributed by atoms with E-state index in [4.69, 9.17) is 5.11 Å². The quantitative estimate of drug-likeness (QED) is 0.756. The number of carboxylic acid groups (broad SMARTS) is 1. The van der Waals surface area contributed by atoms with Crippen molar-refractivity contribution >= 4 is 6.09 Å². The highest BCUT2D eigenvalue weighted by molar-refractivity contribution is 5.65. The number of nitrogens with zero attached hydrogens (tertiary/aromatic N) is 3. The number of aromatic nitrogens is 1. The van der Waals surface area contributed by atoms with E-state index in [9.17, 15) is 15.2 Å². The molecule has 94 valence electrons. The molecule has 0 saturated carbocycles. The number of aliphatic hydroxyl groups is 1. The Balaban J connectivity index is 2.31. The predicted octanol–water partition coefficient (Wildman–Crippen LogP) is 0.588. The summed E-state index contributed by atoms with van der Waals surface area (Å²) >= 11 is 0. The Bertz CT molecular complexity index is 485. The van der Waals surface area contributed by atoms with Gasteiger partial charge in [0, 0.05) is 12.7 Å². The molecular formula is C12H13N3O3. The first-order chi connectivity index (χ1) is 8.60. The number of piperidine rings is 1. The maximum absolute atomic E-state index is 10.9. The van der Waals surface area contributed by atoms with Gasteiger partial charge in [-0.2, -0.15) is 5.26 Å². The minimum atomic E-state index is -1.12. The summed E-state index contributed by atoms with van der Waals surface area (Å²) < 4.78 is 0. The molecule has 2 N–H and O–H groups in total. The molecular weight excluding hydrogens is 234 g/mol. The van der Waals surface area contributed by atoms with E-state index >= 15 is 0 Å². The molecule has 2 rings (SSSR count). The van der Waals surface area contributed by atoms with Crippen LogP contribution >= 0.6 is 0 Å². The van der Waals surface area contributed by atoms with Crippen LogP contribution in [0.4, 0.5) is 4.79 Å². The zero-order valence-corrected chi connectivity index (χ0v) is 9.65. The summed E-state index contributed by atoms with van der Waals surface area (Å²) in [5.74, 6) is 0. The third-order valence-corrected chi connectivity index (χ3v) is 3.33. The minimum Gasteiger partial charge on any atom is -0.465 e. The number of carbonyl (C=O) groups is 1. The number of amides is 1. The first-order valence-corrected chi connectivity index (χ1v) is 5.59. The van der Waals surface area contributed by atoms with Gasteiger partial charge >= 0.3 is 6.09 Å². The van der Waals surface area contributed by atoms with Gasteiger partial charge in [0.15, 0.2) is 0 Å². The molecule has 1 aliphatic heterocycles. The second-order valence-corrected chi connectivity index (χ2v) is 4.29. The molecule has 0 bridgehead atoms. The standard InChI is InChI=1S/C12H13N3O3/c13-8-12(9-3-1-2-5-14-9)4-6-15(11(17)18)7-10(12)16/h1-3,5,10,16H,4,6-7H2,(H,17,18). The molecule has 1 aromatic rings. The van der Waals surface area contributed by atoms with Gasteiger partial charge in [-0.3, -0.25) is 4.98 Å². The Morgan fingerprint density at radius 2 is 2.39 bits per heavy atom. The number of hydrogen-bond acceptors (Lipinski definition) is 4. The van der Waals surface area contributed by atoms with Crippen LogP contribution in [0.1, 0.15) is 12.1 Å². The van der Waals surface area contributed by atoms with Crippen molar-refractivity contribution in [2.45, 2.75) is 17.9 Å². The Morgan fingerprint density at radius 3 is 2.89 bits per heavy atom. The van der Waals surface area contributed by atoms with Crippen molar-refractivity contribution < 1.29 is 15.0 Å². The van der Waals surface area contributed by atoms with Gasteiger partial charge in [0.05, 0.1) is 24.4 Å². The van der Waals surface area contributed by atoms with E-state index in [0.717, 1.165) is 4.90 Å². The van der Waals surface area contributed by atoms with Crippen molar-refractivity contribution in [2.24, 2.45) is 0 Å². The van der Waals surface area contributed by atoms with Crippen molar-refractivity contribution in [3.8, 4) is 6.07 Å². The second kappa shape index (κ2) is 4.63. The fourth-order valence-corrected chi connectivity index (χ4v) is 2.22. The van der Waals surface area contributed by atoms with Crippen LogP contribution in [-0.2, 0) is 5.41 Å². The number of hydrogen-bond donors (Lipinski definition) is 2. The molecule has 0 spiro atoms. The molecule has 2 heterocycles. The van der Waals surface area contributed by atoms with Crippen molar-refractivity contribution in [3.63, 3.8) is 0 Å². The topological polar surface area (TPSA) is 97.5 Å².